The van der Waals surface area contributed by atoms with Gasteiger partial charge in [-0.3, -0.25) is 0 Å². The molecule has 0 N–H and O–H groups in total. The first kappa shape index (κ1) is 21.7. The minimum Gasteiger partial charge on any atom is -0.493 e. The Labute approximate surface area is 202 Å². The monoisotopic (exact) mass is 521 g/mol. The molecule has 0 radical (unpaired) electrons. The molecule has 34 heavy (non-hydrogen) atoms. The van der Waals surface area contributed by atoms with E-state index in [0.29, 0.717) is 33.9 Å². The lowest BCUT2D eigenvalue weighted by atomic mass is 10.1. The first-order chi connectivity index (χ1) is 16.5. The van der Waals surface area contributed by atoms with Gasteiger partial charge in [0.15, 0.2) is 28.7 Å². The zero-order chi connectivity index (χ0) is 23.7. The highest BCUT2D eigenvalue weighted by Crippen LogP contribution is 2.34. The average molecular weight is 522 g/mol. The van der Waals surface area contributed by atoms with Crippen molar-refractivity contribution in [3.63, 3.8) is 0 Å². The van der Waals surface area contributed by atoms with Crippen LogP contribution in [0.1, 0.15) is 21.5 Å². The van der Waals surface area contributed by atoms with Gasteiger partial charge < -0.3 is 23.7 Å². The van der Waals surface area contributed by atoms with Crippen molar-refractivity contribution >= 4 is 39.8 Å². The number of nitrogens with zero attached hydrogens (tertiary/aromatic N) is 1. The first-order valence-corrected chi connectivity index (χ1v) is 10.9. The van der Waals surface area contributed by atoms with Crippen LogP contribution in [0.25, 0.3) is 6.08 Å². The van der Waals surface area contributed by atoms with Crippen molar-refractivity contribution in [1.29, 1.82) is 0 Å². The second-order valence-corrected chi connectivity index (χ2v) is 8.13. The van der Waals surface area contributed by atoms with E-state index in [9.17, 15) is 9.59 Å². The Morgan fingerprint density at radius 2 is 1.79 bits per heavy atom. The van der Waals surface area contributed by atoms with Gasteiger partial charge in [0.05, 0.1) is 12.7 Å². The molecular formula is C25H16BrNO7. The third kappa shape index (κ3) is 4.38. The number of fused-ring (bicyclic) bond motifs is 1. The number of halogens is 1. The lowest BCUT2D eigenvalue weighted by Crippen LogP contribution is -2.09. The van der Waals surface area contributed by atoms with Crippen molar-refractivity contribution < 1.29 is 33.3 Å². The fourth-order valence-corrected chi connectivity index (χ4v) is 3.59. The van der Waals surface area contributed by atoms with Crippen molar-refractivity contribution in [1.82, 2.24) is 0 Å². The van der Waals surface area contributed by atoms with Gasteiger partial charge >= 0.3 is 11.9 Å². The molecule has 0 fully saturated rings. The van der Waals surface area contributed by atoms with Crippen molar-refractivity contribution in [2.24, 2.45) is 4.99 Å². The molecule has 2 heterocycles. The molecule has 3 aromatic rings. The number of methoxy groups -OCH3 is 1. The number of benzene rings is 3. The van der Waals surface area contributed by atoms with E-state index >= 15 is 0 Å². The number of carbonyl (C=O) groups is 2. The first-order valence-electron chi connectivity index (χ1n) is 10.1. The summed E-state index contributed by atoms with van der Waals surface area (Å²) in [6.07, 6.45) is 1.57. The largest absolute Gasteiger partial charge is 0.493 e. The summed E-state index contributed by atoms with van der Waals surface area (Å²) >= 11 is 3.37. The van der Waals surface area contributed by atoms with Gasteiger partial charge in [-0.05, 0) is 66.2 Å². The Morgan fingerprint density at radius 3 is 2.59 bits per heavy atom. The molecule has 0 aliphatic carbocycles. The third-order valence-electron chi connectivity index (χ3n) is 5.01. The second-order valence-electron chi connectivity index (χ2n) is 7.21. The molecule has 0 spiro atoms. The number of rotatable bonds is 5. The molecule has 2 aliphatic heterocycles. The molecule has 3 aromatic carbocycles. The number of hydrogen-bond acceptors (Lipinski definition) is 8. The smallest absolute Gasteiger partial charge is 0.363 e. The maximum Gasteiger partial charge on any atom is 0.363 e. The van der Waals surface area contributed by atoms with E-state index < -0.39 is 11.9 Å². The Hall–Kier alpha value is -4.11. The lowest BCUT2D eigenvalue weighted by Gasteiger charge is -2.10. The van der Waals surface area contributed by atoms with Crippen LogP contribution in [0.3, 0.4) is 0 Å². The standard InChI is InChI=1S/C25H16BrNO7/c1-30-21-11-14(10-18-25(29)34-23(27-18)15-3-6-17(26)7-4-15)2-8-20(21)33-24(28)16-5-9-19-22(12-16)32-13-31-19/h2-12H,13H2,1H3/b18-10-. The molecule has 8 nitrogen and oxygen atoms in total. The van der Waals surface area contributed by atoms with Gasteiger partial charge in [0.25, 0.3) is 0 Å². The molecule has 0 aromatic heterocycles. The molecule has 0 amide bonds. The Balaban J connectivity index is 1.36. The fourth-order valence-electron chi connectivity index (χ4n) is 3.32. The second kappa shape index (κ2) is 9.03. The summed E-state index contributed by atoms with van der Waals surface area (Å²) in [6, 6.07) is 17.0. The molecule has 9 heteroatoms. The zero-order valence-electron chi connectivity index (χ0n) is 17.7. The van der Waals surface area contributed by atoms with E-state index in [2.05, 4.69) is 20.9 Å². The predicted molar refractivity (Wildman–Crippen MR) is 125 cm³/mol. The molecule has 0 atom stereocenters. The molecule has 0 bridgehead atoms. The summed E-state index contributed by atoms with van der Waals surface area (Å²) in [5.41, 5.74) is 1.75. The van der Waals surface area contributed by atoms with Crippen molar-refractivity contribution in [3.8, 4) is 23.0 Å². The van der Waals surface area contributed by atoms with Crippen molar-refractivity contribution in [2.45, 2.75) is 0 Å². The summed E-state index contributed by atoms with van der Waals surface area (Å²) in [5.74, 6) is 0.677. The summed E-state index contributed by atoms with van der Waals surface area (Å²) in [4.78, 5) is 29.2. The van der Waals surface area contributed by atoms with Crippen LogP contribution in [0, 0.1) is 0 Å². The van der Waals surface area contributed by atoms with Gasteiger partial charge in [0.1, 0.15) is 0 Å². The minimum absolute atomic E-state index is 0.112. The Bertz CT molecular complexity index is 1360. The van der Waals surface area contributed by atoms with E-state index in [-0.39, 0.29) is 24.1 Å². The van der Waals surface area contributed by atoms with E-state index in [1.165, 1.54) is 7.11 Å². The summed E-state index contributed by atoms with van der Waals surface area (Å²) in [6.45, 7) is 0.112. The van der Waals surface area contributed by atoms with Gasteiger partial charge in [-0.1, -0.05) is 22.0 Å². The molecule has 2 aliphatic rings. The summed E-state index contributed by atoms with van der Waals surface area (Å²) in [5, 5.41) is 0. The number of hydrogen-bond donors (Lipinski definition) is 0. The quantitative estimate of drug-likeness (QED) is 0.271. The van der Waals surface area contributed by atoms with Crippen LogP contribution >= 0.6 is 15.9 Å². The van der Waals surface area contributed by atoms with Crippen LogP contribution in [0.15, 0.2) is 75.8 Å². The molecule has 0 unspecified atom stereocenters. The van der Waals surface area contributed by atoms with Gasteiger partial charge in [0.2, 0.25) is 12.7 Å². The zero-order valence-corrected chi connectivity index (χ0v) is 19.3. The van der Waals surface area contributed by atoms with E-state index in [0.717, 1.165) is 4.47 Å². The van der Waals surface area contributed by atoms with Crippen LogP contribution in [0.5, 0.6) is 23.0 Å². The van der Waals surface area contributed by atoms with Crippen LogP contribution in [-0.2, 0) is 9.53 Å². The highest BCUT2D eigenvalue weighted by atomic mass is 79.9. The number of carbonyl (C=O) groups excluding carboxylic acids is 2. The number of aliphatic imine (C=N–C) groups is 1. The Kier molecular flexibility index (Phi) is 5.77. The number of cyclic esters (lactones) is 1. The van der Waals surface area contributed by atoms with Gasteiger partial charge in [-0.25, -0.2) is 14.6 Å². The van der Waals surface area contributed by atoms with Gasteiger partial charge in [0, 0.05) is 10.0 Å². The lowest BCUT2D eigenvalue weighted by molar-refractivity contribution is -0.129. The molecule has 0 saturated carbocycles. The van der Waals surface area contributed by atoms with Gasteiger partial charge in [-0.15, -0.1) is 0 Å². The fraction of sp³-hybridized carbons (Fsp3) is 0.0800. The minimum atomic E-state index is -0.578. The maximum atomic E-state index is 12.6. The highest BCUT2D eigenvalue weighted by molar-refractivity contribution is 9.10. The van der Waals surface area contributed by atoms with Crippen LogP contribution in [-0.4, -0.2) is 31.7 Å². The van der Waals surface area contributed by atoms with Crippen LogP contribution in [0.4, 0.5) is 0 Å². The highest BCUT2D eigenvalue weighted by Gasteiger charge is 2.24. The van der Waals surface area contributed by atoms with Crippen LogP contribution < -0.4 is 18.9 Å². The molecule has 170 valence electrons. The number of ether oxygens (including phenoxy) is 5. The van der Waals surface area contributed by atoms with Crippen molar-refractivity contribution in [2.75, 3.05) is 13.9 Å². The third-order valence-corrected chi connectivity index (χ3v) is 5.54. The number of esters is 2. The normalized spacial score (nSPS) is 15.2. The summed E-state index contributed by atoms with van der Waals surface area (Å²) in [7, 11) is 1.46. The van der Waals surface area contributed by atoms with E-state index in [4.69, 9.17) is 23.7 Å². The topological polar surface area (TPSA) is 92.7 Å². The predicted octanol–water partition coefficient (Wildman–Crippen LogP) is 4.75. The summed E-state index contributed by atoms with van der Waals surface area (Å²) < 4.78 is 27.6. The Morgan fingerprint density at radius 1 is 1.00 bits per heavy atom. The molecule has 0 saturated heterocycles. The van der Waals surface area contributed by atoms with Crippen molar-refractivity contribution in [3.05, 3.63) is 87.5 Å². The van der Waals surface area contributed by atoms with Crippen LogP contribution in [0.2, 0.25) is 0 Å². The molecule has 5 rings (SSSR count). The SMILES string of the molecule is COc1cc(/C=C2\N=C(c3ccc(Br)cc3)OC2=O)ccc1OC(=O)c1ccc2c(c1)OCO2. The average Bonchev–Trinajstić information content (AvgIpc) is 3.46. The van der Waals surface area contributed by atoms with E-state index in [1.807, 2.05) is 12.1 Å². The molecular weight excluding hydrogens is 506 g/mol. The maximum absolute atomic E-state index is 12.6. The van der Waals surface area contributed by atoms with E-state index in [1.54, 1.807) is 54.6 Å². The van der Waals surface area contributed by atoms with Gasteiger partial charge in [-0.2, -0.15) is 0 Å².